The number of nitrogens with zero attached hydrogens (tertiary/aromatic N) is 1. The number of hydrogen-bond donors (Lipinski definition) is 2. The minimum atomic E-state index is 0.233. The molecule has 1 aliphatic heterocycles. The molecule has 0 unspecified atom stereocenters. The van der Waals surface area contributed by atoms with Gasteiger partial charge in [0, 0.05) is 26.1 Å². The predicted molar refractivity (Wildman–Crippen MR) is 75.2 cm³/mol. The van der Waals surface area contributed by atoms with Gasteiger partial charge in [-0.15, -0.1) is 0 Å². The van der Waals surface area contributed by atoms with Gasteiger partial charge in [0.2, 0.25) is 5.91 Å². The van der Waals surface area contributed by atoms with Gasteiger partial charge in [0.25, 0.3) is 0 Å². The van der Waals surface area contributed by atoms with E-state index in [-0.39, 0.29) is 11.7 Å². The SMILES string of the molecule is Cc1cc(O)ccc1CCC(=O)N1CCCNCC1. The first-order chi connectivity index (χ1) is 9.16. The quantitative estimate of drug-likeness (QED) is 0.867. The van der Waals surface area contributed by atoms with Gasteiger partial charge in [-0.3, -0.25) is 4.79 Å². The van der Waals surface area contributed by atoms with Crippen LogP contribution in [0.1, 0.15) is 24.0 Å². The van der Waals surface area contributed by atoms with Crippen LogP contribution in [-0.2, 0) is 11.2 Å². The van der Waals surface area contributed by atoms with Gasteiger partial charge in [-0.2, -0.15) is 0 Å². The molecule has 0 atom stereocenters. The van der Waals surface area contributed by atoms with E-state index in [1.165, 1.54) is 0 Å². The Morgan fingerprint density at radius 2 is 2.21 bits per heavy atom. The van der Waals surface area contributed by atoms with E-state index in [9.17, 15) is 9.90 Å². The lowest BCUT2D eigenvalue weighted by Crippen LogP contribution is -2.34. The van der Waals surface area contributed by atoms with Crippen molar-refractivity contribution in [2.24, 2.45) is 0 Å². The molecule has 4 nitrogen and oxygen atoms in total. The van der Waals surface area contributed by atoms with Crippen LogP contribution in [0.25, 0.3) is 0 Å². The number of aromatic hydroxyl groups is 1. The highest BCUT2D eigenvalue weighted by Crippen LogP contribution is 2.17. The van der Waals surface area contributed by atoms with Crippen molar-refractivity contribution in [1.82, 2.24) is 10.2 Å². The number of aryl methyl sites for hydroxylation is 2. The average Bonchev–Trinajstić information content (AvgIpc) is 2.66. The van der Waals surface area contributed by atoms with Crippen LogP contribution >= 0.6 is 0 Å². The molecule has 0 aliphatic carbocycles. The van der Waals surface area contributed by atoms with Crippen molar-refractivity contribution in [2.45, 2.75) is 26.2 Å². The van der Waals surface area contributed by atoms with Crippen molar-refractivity contribution >= 4 is 5.91 Å². The molecular weight excluding hydrogens is 240 g/mol. The number of carbonyl (C=O) groups excluding carboxylic acids is 1. The maximum absolute atomic E-state index is 12.2. The summed E-state index contributed by atoms with van der Waals surface area (Å²) in [6, 6.07) is 5.33. The lowest BCUT2D eigenvalue weighted by Gasteiger charge is -2.20. The summed E-state index contributed by atoms with van der Waals surface area (Å²) in [5.41, 5.74) is 2.18. The van der Waals surface area contributed by atoms with Crippen LogP contribution in [0.5, 0.6) is 5.75 Å². The highest BCUT2D eigenvalue weighted by atomic mass is 16.3. The summed E-state index contributed by atoms with van der Waals surface area (Å²) in [7, 11) is 0. The third-order valence-corrected chi connectivity index (χ3v) is 3.63. The van der Waals surface area contributed by atoms with Gasteiger partial charge in [-0.25, -0.2) is 0 Å². The average molecular weight is 262 g/mol. The normalized spacial score (nSPS) is 16.2. The first kappa shape index (κ1) is 13.9. The molecule has 1 saturated heterocycles. The summed E-state index contributed by atoms with van der Waals surface area (Å²) < 4.78 is 0. The third-order valence-electron chi connectivity index (χ3n) is 3.63. The highest BCUT2D eigenvalue weighted by Gasteiger charge is 2.15. The second-order valence-corrected chi connectivity index (χ2v) is 5.10. The molecule has 0 saturated carbocycles. The van der Waals surface area contributed by atoms with Crippen molar-refractivity contribution < 1.29 is 9.90 Å². The van der Waals surface area contributed by atoms with Crippen LogP contribution in [0.4, 0.5) is 0 Å². The molecule has 1 aromatic carbocycles. The van der Waals surface area contributed by atoms with E-state index in [1.807, 2.05) is 17.9 Å². The Balaban J connectivity index is 1.88. The summed E-state index contributed by atoms with van der Waals surface area (Å²) in [5.74, 6) is 0.516. The predicted octanol–water partition coefficient (Wildman–Crippen LogP) is 1.46. The van der Waals surface area contributed by atoms with Gasteiger partial charge in [0.05, 0.1) is 0 Å². The van der Waals surface area contributed by atoms with Gasteiger partial charge in [-0.1, -0.05) is 6.07 Å². The van der Waals surface area contributed by atoms with Gasteiger partial charge in [0.15, 0.2) is 0 Å². The molecule has 0 aromatic heterocycles. The van der Waals surface area contributed by atoms with E-state index >= 15 is 0 Å². The number of benzene rings is 1. The van der Waals surface area contributed by atoms with Crippen LogP contribution in [0.2, 0.25) is 0 Å². The zero-order valence-corrected chi connectivity index (χ0v) is 11.5. The van der Waals surface area contributed by atoms with Crippen molar-refractivity contribution in [2.75, 3.05) is 26.2 Å². The molecular formula is C15H22N2O2. The first-order valence-corrected chi connectivity index (χ1v) is 6.94. The minimum absolute atomic E-state index is 0.233. The van der Waals surface area contributed by atoms with E-state index in [2.05, 4.69) is 5.32 Å². The fourth-order valence-electron chi connectivity index (χ4n) is 2.46. The van der Waals surface area contributed by atoms with Crippen LogP contribution < -0.4 is 5.32 Å². The number of rotatable bonds is 3. The molecule has 1 aliphatic rings. The van der Waals surface area contributed by atoms with Gasteiger partial charge in [0.1, 0.15) is 5.75 Å². The van der Waals surface area contributed by atoms with Gasteiger partial charge < -0.3 is 15.3 Å². The molecule has 2 N–H and O–H groups in total. The molecule has 0 bridgehead atoms. The fraction of sp³-hybridized carbons (Fsp3) is 0.533. The largest absolute Gasteiger partial charge is 0.508 e. The van der Waals surface area contributed by atoms with Crippen molar-refractivity contribution in [3.8, 4) is 5.75 Å². The fourth-order valence-corrected chi connectivity index (χ4v) is 2.46. The maximum atomic E-state index is 12.2. The molecule has 1 amide bonds. The number of carbonyl (C=O) groups is 1. The number of nitrogens with one attached hydrogen (secondary N) is 1. The summed E-state index contributed by atoms with van der Waals surface area (Å²) in [6.45, 7) is 5.54. The lowest BCUT2D eigenvalue weighted by atomic mass is 10.0. The van der Waals surface area contributed by atoms with Gasteiger partial charge in [-0.05, 0) is 49.6 Å². The Bertz CT molecular complexity index is 438. The Labute approximate surface area is 114 Å². The second kappa shape index (κ2) is 6.57. The molecule has 1 fully saturated rings. The first-order valence-electron chi connectivity index (χ1n) is 6.94. The van der Waals surface area contributed by atoms with Gasteiger partial charge >= 0.3 is 0 Å². The third kappa shape index (κ3) is 3.96. The van der Waals surface area contributed by atoms with Crippen LogP contribution in [-0.4, -0.2) is 42.1 Å². The van der Waals surface area contributed by atoms with Crippen LogP contribution in [0.3, 0.4) is 0 Å². The molecule has 4 heteroatoms. The summed E-state index contributed by atoms with van der Waals surface area (Å²) in [6.07, 6.45) is 2.32. The minimum Gasteiger partial charge on any atom is -0.508 e. The molecule has 2 rings (SSSR count). The number of phenols is 1. The van der Waals surface area contributed by atoms with E-state index in [0.717, 1.165) is 50.1 Å². The van der Waals surface area contributed by atoms with Crippen LogP contribution in [0.15, 0.2) is 18.2 Å². The molecule has 1 heterocycles. The highest BCUT2D eigenvalue weighted by molar-refractivity contribution is 5.76. The number of phenolic OH excluding ortho intramolecular Hbond substituents is 1. The topological polar surface area (TPSA) is 52.6 Å². The lowest BCUT2D eigenvalue weighted by molar-refractivity contribution is -0.130. The number of hydrogen-bond acceptors (Lipinski definition) is 3. The van der Waals surface area contributed by atoms with Crippen molar-refractivity contribution in [1.29, 1.82) is 0 Å². The number of amides is 1. The summed E-state index contributed by atoms with van der Waals surface area (Å²) in [5, 5.41) is 12.7. The van der Waals surface area contributed by atoms with Crippen molar-refractivity contribution in [3.63, 3.8) is 0 Å². The summed E-state index contributed by atoms with van der Waals surface area (Å²) in [4.78, 5) is 14.1. The monoisotopic (exact) mass is 262 g/mol. The maximum Gasteiger partial charge on any atom is 0.222 e. The zero-order valence-electron chi connectivity index (χ0n) is 11.5. The molecule has 1 aromatic rings. The Kier molecular flexibility index (Phi) is 4.80. The molecule has 0 spiro atoms. The standard InChI is InChI=1S/C15H22N2O2/c1-12-11-14(18)5-3-13(12)4-6-15(19)17-9-2-7-16-8-10-17/h3,5,11,16,18H,2,4,6-10H2,1H3. The zero-order chi connectivity index (χ0) is 13.7. The molecule has 104 valence electrons. The van der Waals surface area contributed by atoms with E-state index < -0.39 is 0 Å². The van der Waals surface area contributed by atoms with E-state index in [1.54, 1.807) is 12.1 Å². The van der Waals surface area contributed by atoms with E-state index in [4.69, 9.17) is 0 Å². The molecule has 0 radical (unpaired) electrons. The van der Waals surface area contributed by atoms with E-state index in [0.29, 0.717) is 6.42 Å². The summed E-state index contributed by atoms with van der Waals surface area (Å²) >= 11 is 0. The smallest absolute Gasteiger partial charge is 0.222 e. The Hall–Kier alpha value is -1.55. The van der Waals surface area contributed by atoms with Crippen LogP contribution in [0, 0.1) is 6.92 Å². The second-order valence-electron chi connectivity index (χ2n) is 5.10. The Morgan fingerprint density at radius 1 is 1.37 bits per heavy atom. The van der Waals surface area contributed by atoms with Crippen molar-refractivity contribution in [3.05, 3.63) is 29.3 Å². The molecule has 19 heavy (non-hydrogen) atoms. The Morgan fingerprint density at radius 3 is 3.00 bits per heavy atom.